The van der Waals surface area contributed by atoms with E-state index in [0.29, 0.717) is 28.5 Å². The first-order valence-corrected chi connectivity index (χ1v) is 7.81. The fourth-order valence-corrected chi connectivity index (χ4v) is 3.46. The second-order valence-corrected chi connectivity index (χ2v) is 6.25. The molecule has 0 saturated carbocycles. The zero-order chi connectivity index (χ0) is 15.0. The molecule has 0 aliphatic carbocycles. The first-order valence-electron chi connectivity index (χ1n) is 7.01. The summed E-state index contributed by atoms with van der Waals surface area (Å²) in [6, 6.07) is 5.46. The Hall–Kier alpha value is -1.24. The molecule has 1 aromatic rings. The number of ketones is 1. The minimum absolute atomic E-state index is 0.304. The highest BCUT2D eigenvalue weighted by Crippen LogP contribution is 2.34. The van der Waals surface area contributed by atoms with Gasteiger partial charge in [0.15, 0.2) is 0 Å². The molecule has 0 aromatic heterocycles. The molecule has 0 bridgehead atoms. The smallest absolute Gasteiger partial charge is 0.300 e. The van der Waals surface area contributed by atoms with Gasteiger partial charge in [0.1, 0.15) is 0 Å². The van der Waals surface area contributed by atoms with Crippen LogP contribution in [0, 0.1) is 0 Å². The predicted octanol–water partition coefficient (Wildman–Crippen LogP) is 2.05. The third kappa shape index (κ3) is 2.63. The number of piperidine rings is 1. The SMILES string of the molecule is COC1CCN(CN2C(=O)C(=O)c3c(Br)cccc32)CC1. The number of hydrogen-bond donors (Lipinski definition) is 0. The molecular weight excluding hydrogens is 336 g/mol. The molecule has 0 N–H and O–H groups in total. The van der Waals surface area contributed by atoms with Crippen molar-refractivity contribution in [1.29, 1.82) is 0 Å². The predicted molar refractivity (Wildman–Crippen MR) is 82.4 cm³/mol. The number of likely N-dealkylation sites (tertiary alicyclic amines) is 1. The minimum atomic E-state index is -0.439. The van der Waals surface area contributed by atoms with Crippen LogP contribution < -0.4 is 4.90 Å². The lowest BCUT2D eigenvalue weighted by Crippen LogP contribution is -2.45. The van der Waals surface area contributed by atoms with Gasteiger partial charge in [-0.05, 0) is 40.9 Å². The number of carbonyl (C=O) groups is 2. The van der Waals surface area contributed by atoms with E-state index in [1.165, 1.54) is 0 Å². The Bertz CT molecular complexity index is 582. The van der Waals surface area contributed by atoms with Crippen molar-refractivity contribution >= 4 is 33.3 Å². The number of carbonyl (C=O) groups excluding carboxylic acids is 2. The summed E-state index contributed by atoms with van der Waals surface area (Å²) >= 11 is 3.36. The average Bonchev–Trinajstić information content (AvgIpc) is 2.74. The van der Waals surface area contributed by atoms with Crippen LogP contribution in [0.1, 0.15) is 23.2 Å². The Kier molecular flexibility index (Phi) is 4.10. The molecule has 0 atom stereocenters. The van der Waals surface area contributed by atoms with Gasteiger partial charge >= 0.3 is 5.91 Å². The Morgan fingerprint density at radius 3 is 2.67 bits per heavy atom. The molecule has 0 spiro atoms. The number of hydrogen-bond acceptors (Lipinski definition) is 4. The quantitative estimate of drug-likeness (QED) is 0.781. The lowest BCUT2D eigenvalue weighted by Gasteiger charge is -2.33. The van der Waals surface area contributed by atoms with E-state index in [0.717, 1.165) is 25.9 Å². The summed E-state index contributed by atoms with van der Waals surface area (Å²) in [4.78, 5) is 28.1. The van der Waals surface area contributed by atoms with Crippen LogP contribution in [-0.2, 0) is 9.53 Å². The van der Waals surface area contributed by atoms with Crippen molar-refractivity contribution in [1.82, 2.24) is 4.90 Å². The fraction of sp³-hybridized carbons (Fsp3) is 0.467. The zero-order valence-electron chi connectivity index (χ0n) is 11.8. The fourth-order valence-electron chi connectivity index (χ4n) is 2.93. The number of anilines is 1. The van der Waals surface area contributed by atoms with E-state index < -0.39 is 11.7 Å². The second kappa shape index (κ2) is 5.87. The molecule has 1 aromatic carbocycles. The topological polar surface area (TPSA) is 49.9 Å². The number of methoxy groups -OCH3 is 1. The number of fused-ring (bicyclic) bond motifs is 1. The van der Waals surface area contributed by atoms with Crippen LogP contribution in [0.5, 0.6) is 0 Å². The Morgan fingerprint density at radius 2 is 2.00 bits per heavy atom. The van der Waals surface area contributed by atoms with E-state index in [1.807, 2.05) is 12.1 Å². The van der Waals surface area contributed by atoms with E-state index in [-0.39, 0.29) is 0 Å². The third-order valence-electron chi connectivity index (χ3n) is 4.16. The highest BCUT2D eigenvalue weighted by molar-refractivity contribution is 9.10. The molecule has 5 nitrogen and oxygen atoms in total. The molecule has 21 heavy (non-hydrogen) atoms. The number of nitrogens with zero attached hydrogens (tertiary/aromatic N) is 2. The highest BCUT2D eigenvalue weighted by atomic mass is 79.9. The second-order valence-electron chi connectivity index (χ2n) is 5.39. The molecule has 1 amide bonds. The third-order valence-corrected chi connectivity index (χ3v) is 4.82. The van der Waals surface area contributed by atoms with Crippen LogP contribution in [0.25, 0.3) is 0 Å². The Labute approximate surface area is 132 Å². The van der Waals surface area contributed by atoms with Gasteiger partial charge in [-0.2, -0.15) is 0 Å². The summed E-state index contributed by atoms with van der Waals surface area (Å²) in [5.74, 6) is -0.866. The maximum Gasteiger partial charge on any atom is 0.300 e. The van der Waals surface area contributed by atoms with Gasteiger partial charge in [-0.25, -0.2) is 0 Å². The van der Waals surface area contributed by atoms with E-state index >= 15 is 0 Å². The van der Waals surface area contributed by atoms with Crippen LogP contribution in [-0.4, -0.2) is 49.6 Å². The molecule has 1 fully saturated rings. The van der Waals surface area contributed by atoms with Crippen molar-refractivity contribution < 1.29 is 14.3 Å². The summed E-state index contributed by atoms with van der Waals surface area (Å²) in [6.07, 6.45) is 2.22. The van der Waals surface area contributed by atoms with Gasteiger partial charge in [-0.1, -0.05) is 6.07 Å². The van der Waals surface area contributed by atoms with E-state index in [2.05, 4.69) is 20.8 Å². The number of rotatable bonds is 3. The van der Waals surface area contributed by atoms with Gasteiger partial charge in [0.2, 0.25) is 0 Å². The number of ether oxygens (including phenoxy) is 1. The van der Waals surface area contributed by atoms with E-state index in [1.54, 1.807) is 18.1 Å². The van der Waals surface area contributed by atoms with Crippen LogP contribution in [0.2, 0.25) is 0 Å². The summed E-state index contributed by atoms with van der Waals surface area (Å²) in [7, 11) is 1.73. The van der Waals surface area contributed by atoms with Crippen molar-refractivity contribution in [2.24, 2.45) is 0 Å². The zero-order valence-corrected chi connectivity index (χ0v) is 13.4. The normalized spacial score (nSPS) is 20.2. The van der Waals surface area contributed by atoms with Gasteiger partial charge in [0, 0.05) is 24.7 Å². The molecule has 3 rings (SSSR count). The molecule has 2 heterocycles. The lowest BCUT2D eigenvalue weighted by molar-refractivity contribution is -0.114. The number of amides is 1. The summed E-state index contributed by atoms with van der Waals surface area (Å²) in [5.41, 5.74) is 1.18. The number of Topliss-reactive ketones (excluding diaryl/α,β-unsaturated/α-hetero) is 1. The molecule has 0 unspecified atom stereocenters. The number of benzene rings is 1. The van der Waals surface area contributed by atoms with E-state index in [4.69, 9.17) is 4.74 Å². The summed E-state index contributed by atoms with van der Waals surface area (Å²) in [5, 5.41) is 0. The molecule has 6 heteroatoms. The number of halogens is 1. The molecule has 2 aliphatic rings. The molecule has 112 valence electrons. The van der Waals surface area contributed by atoms with Gasteiger partial charge in [-0.15, -0.1) is 0 Å². The standard InChI is InChI=1S/C15H17BrN2O3/c1-21-10-5-7-17(8-6-10)9-18-12-4-2-3-11(16)13(12)14(19)15(18)20/h2-4,10H,5-9H2,1H3. The minimum Gasteiger partial charge on any atom is -0.381 e. The maximum absolute atomic E-state index is 12.2. The van der Waals surface area contributed by atoms with Gasteiger partial charge in [0.05, 0.1) is 24.0 Å². The van der Waals surface area contributed by atoms with Crippen molar-refractivity contribution in [3.63, 3.8) is 0 Å². The van der Waals surface area contributed by atoms with Crippen molar-refractivity contribution in [3.05, 3.63) is 28.2 Å². The molecule has 0 radical (unpaired) electrons. The monoisotopic (exact) mass is 352 g/mol. The maximum atomic E-state index is 12.2. The van der Waals surface area contributed by atoms with Gasteiger partial charge in [0.25, 0.3) is 5.78 Å². The van der Waals surface area contributed by atoms with Crippen molar-refractivity contribution in [2.75, 3.05) is 31.8 Å². The summed E-state index contributed by atoms with van der Waals surface area (Å²) < 4.78 is 6.03. The van der Waals surface area contributed by atoms with Crippen molar-refractivity contribution in [2.45, 2.75) is 18.9 Å². The summed E-state index contributed by atoms with van der Waals surface area (Å²) in [6.45, 7) is 2.21. The van der Waals surface area contributed by atoms with Crippen LogP contribution in [0.15, 0.2) is 22.7 Å². The molecular formula is C15H17BrN2O3. The highest BCUT2D eigenvalue weighted by Gasteiger charge is 2.38. The van der Waals surface area contributed by atoms with Gasteiger partial charge in [-0.3, -0.25) is 19.4 Å². The largest absolute Gasteiger partial charge is 0.381 e. The first-order chi connectivity index (χ1) is 10.1. The lowest BCUT2D eigenvalue weighted by atomic mass is 10.1. The van der Waals surface area contributed by atoms with Gasteiger partial charge < -0.3 is 4.74 Å². The average molecular weight is 353 g/mol. The molecule has 2 aliphatic heterocycles. The van der Waals surface area contributed by atoms with Crippen LogP contribution in [0.3, 0.4) is 0 Å². The van der Waals surface area contributed by atoms with Crippen LogP contribution in [0.4, 0.5) is 5.69 Å². The van der Waals surface area contributed by atoms with E-state index in [9.17, 15) is 9.59 Å². The Morgan fingerprint density at radius 1 is 1.29 bits per heavy atom. The molecule has 1 saturated heterocycles. The van der Waals surface area contributed by atoms with Crippen LogP contribution >= 0.6 is 15.9 Å². The van der Waals surface area contributed by atoms with Crippen molar-refractivity contribution in [3.8, 4) is 0 Å². The first kappa shape index (κ1) is 14.7. The Balaban J connectivity index is 1.77.